The summed E-state index contributed by atoms with van der Waals surface area (Å²) in [5.41, 5.74) is 0. The van der Waals surface area contributed by atoms with Crippen LogP contribution < -0.4 is 5.32 Å². The molecule has 6 nitrogen and oxygen atoms in total. The second-order valence-electron chi connectivity index (χ2n) is 20.4. The number of aliphatic hydroxyl groups excluding tert-OH is 2. The zero-order valence-corrected chi connectivity index (χ0v) is 44.6. The van der Waals surface area contributed by atoms with Crippen molar-refractivity contribution in [3.8, 4) is 0 Å². The Morgan fingerprint density at radius 1 is 0.439 bits per heavy atom. The van der Waals surface area contributed by atoms with Crippen LogP contribution >= 0.6 is 0 Å². The molecule has 0 fully saturated rings. The second-order valence-corrected chi connectivity index (χ2v) is 20.4. The van der Waals surface area contributed by atoms with Crippen molar-refractivity contribution in [2.75, 3.05) is 6.61 Å². The van der Waals surface area contributed by atoms with Crippen LogP contribution in [0.5, 0.6) is 0 Å². The summed E-state index contributed by atoms with van der Waals surface area (Å²) in [5, 5.41) is 23.8. The maximum absolute atomic E-state index is 13.3. The summed E-state index contributed by atoms with van der Waals surface area (Å²) in [6.07, 6.45) is 63.9. The van der Waals surface area contributed by atoms with Gasteiger partial charge in [0.1, 0.15) is 6.10 Å². The smallest absolute Gasteiger partial charge is 0.306 e. The molecule has 0 radical (unpaired) electrons. The zero-order chi connectivity index (χ0) is 48.1. The van der Waals surface area contributed by atoms with E-state index in [4.69, 9.17) is 4.74 Å². The second kappa shape index (κ2) is 54.3. The van der Waals surface area contributed by atoms with Gasteiger partial charge in [0, 0.05) is 6.42 Å². The van der Waals surface area contributed by atoms with E-state index in [9.17, 15) is 19.8 Å². The molecule has 1 amide bonds. The van der Waals surface area contributed by atoms with Gasteiger partial charge in [-0.25, -0.2) is 0 Å². The van der Waals surface area contributed by atoms with Gasteiger partial charge in [-0.1, -0.05) is 276 Å². The van der Waals surface area contributed by atoms with Crippen molar-refractivity contribution < 1.29 is 24.5 Å². The maximum Gasteiger partial charge on any atom is 0.306 e. The van der Waals surface area contributed by atoms with Gasteiger partial charge in [-0.05, 0) is 57.8 Å². The van der Waals surface area contributed by atoms with E-state index >= 15 is 0 Å². The van der Waals surface area contributed by atoms with Crippen LogP contribution in [0.15, 0.2) is 24.3 Å². The molecule has 0 aliphatic heterocycles. The Bertz CT molecular complexity index is 1040. The van der Waals surface area contributed by atoms with E-state index < -0.39 is 18.2 Å². The highest BCUT2D eigenvalue weighted by atomic mass is 16.5. The van der Waals surface area contributed by atoms with Gasteiger partial charge < -0.3 is 20.3 Å². The van der Waals surface area contributed by atoms with Gasteiger partial charge in [-0.2, -0.15) is 0 Å². The first kappa shape index (κ1) is 64.3. The molecule has 0 rings (SSSR count). The summed E-state index contributed by atoms with van der Waals surface area (Å²) in [7, 11) is 0. The molecule has 0 aromatic carbocycles. The molecule has 0 aliphatic carbocycles. The largest absolute Gasteiger partial charge is 0.462 e. The Morgan fingerprint density at radius 2 is 0.773 bits per heavy atom. The number of unbranched alkanes of at least 4 members (excludes halogenated alkanes) is 38. The van der Waals surface area contributed by atoms with E-state index in [-0.39, 0.29) is 24.9 Å². The van der Waals surface area contributed by atoms with Gasteiger partial charge in [0.2, 0.25) is 5.91 Å². The number of nitrogens with one attached hydrogen (secondary N) is 1. The fourth-order valence-corrected chi connectivity index (χ4v) is 9.29. The molecule has 390 valence electrons. The molecular formula is C60H115NO5. The summed E-state index contributed by atoms with van der Waals surface area (Å²) < 4.78 is 5.97. The number of aliphatic hydroxyl groups is 2. The van der Waals surface area contributed by atoms with Crippen LogP contribution in [0.3, 0.4) is 0 Å². The molecular weight excluding hydrogens is 815 g/mol. The van der Waals surface area contributed by atoms with Gasteiger partial charge in [0.15, 0.2) is 0 Å². The molecule has 3 atom stereocenters. The minimum atomic E-state index is -0.786. The number of ether oxygens (including phenoxy) is 1. The van der Waals surface area contributed by atoms with Crippen LogP contribution in [0.25, 0.3) is 0 Å². The third kappa shape index (κ3) is 48.8. The average Bonchev–Trinajstić information content (AvgIpc) is 3.31. The average molecular weight is 931 g/mol. The van der Waals surface area contributed by atoms with E-state index in [0.29, 0.717) is 19.3 Å². The molecule has 0 heterocycles. The van der Waals surface area contributed by atoms with Crippen molar-refractivity contribution in [3.63, 3.8) is 0 Å². The number of amides is 1. The summed E-state index contributed by atoms with van der Waals surface area (Å²) in [6.45, 7) is 6.49. The van der Waals surface area contributed by atoms with Gasteiger partial charge in [-0.15, -0.1) is 0 Å². The predicted molar refractivity (Wildman–Crippen MR) is 287 cm³/mol. The Balaban J connectivity index is 4.50. The van der Waals surface area contributed by atoms with Gasteiger partial charge in [-0.3, -0.25) is 9.59 Å². The van der Waals surface area contributed by atoms with E-state index in [0.717, 1.165) is 64.2 Å². The first-order chi connectivity index (χ1) is 32.5. The first-order valence-electron chi connectivity index (χ1n) is 29.6. The molecule has 0 saturated carbocycles. The predicted octanol–water partition coefficient (Wildman–Crippen LogP) is 18.2. The Morgan fingerprint density at radius 3 is 1.18 bits per heavy atom. The number of esters is 1. The van der Waals surface area contributed by atoms with E-state index in [1.807, 2.05) is 0 Å². The Kier molecular flexibility index (Phi) is 52.9. The summed E-state index contributed by atoms with van der Waals surface area (Å²) in [5.74, 6) is -0.461. The van der Waals surface area contributed by atoms with Crippen LogP contribution in [0.2, 0.25) is 0 Å². The number of carbonyl (C=O) groups is 2. The minimum Gasteiger partial charge on any atom is -0.462 e. The molecule has 0 bridgehead atoms. The van der Waals surface area contributed by atoms with Crippen molar-refractivity contribution >= 4 is 11.9 Å². The van der Waals surface area contributed by atoms with Crippen LogP contribution in [-0.4, -0.2) is 46.9 Å². The molecule has 0 aromatic rings. The summed E-state index contributed by atoms with van der Waals surface area (Å²) in [4.78, 5) is 26.3. The number of carbonyl (C=O) groups excluding carboxylic acids is 2. The number of rotatable bonds is 54. The van der Waals surface area contributed by atoms with Crippen molar-refractivity contribution in [1.29, 1.82) is 0 Å². The molecule has 0 saturated heterocycles. The lowest BCUT2D eigenvalue weighted by Crippen LogP contribution is -2.46. The zero-order valence-electron chi connectivity index (χ0n) is 44.6. The lowest BCUT2D eigenvalue weighted by molar-refractivity contribution is -0.151. The monoisotopic (exact) mass is 930 g/mol. The summed E-state index contributed by atoms with van der Waals surface area (Å²) in [6, 6.07) is -0.700. The first-order valence-corrected chi connectivity index (χ1v) is 29.6. The van der Waals surface area contributed by atoms with Gasteiger partial charge in [0.25, 0.3) is 0 Å². The lowest BCUT2D eigenvalue weighted by atomic mass is 10.0. The van der Waals surface area contributed by atoms with Crippen molar-refractivity contribution in [2.24, 2.45) is 0 Å². The Hall–Kier alpha value is -1.66. The van der Waals surface area contributed by atoms with Crippen LogP contribution in [-0.2, 0) is 14.3 Å². The Labute approximate surface area is 411 Å². The van der Waals surface area contributed by atoms with Gasteiger partial charge in [0.05, 0.1) is 25.2 Å². The highest BCUT2D eigenvalue weighted by Gasteiger charge is 2.24. The van der Waals surface area contributed by atoms with Crippen molar-refractivity contribution in [1.82, 2.24) is 5.32 Å². The maximum atomic E-state index is 13.3. The van der Waals surface area contributed by atoms with E-state index in [1.54, 1.807) is 0 Å². The number of hydrogen-bond donors (Lipinski definition) is 3. The lowest BCUT2D eigenvalue weighted by Gasteiger charge is -2.24. The number of hydrogen-bond acceptors (Lipinski definition) is 5. The third-order valence-electron chi connectivity index (χ3n) is 13.8. The molecule has 3 N–H and O–H groups in total. The molecule has 6 heteroatoms. The molecule has 3 unspecified atom stereocenters. The van der Waals surface area contributed by atoms with E-state index in [1.165, 1.54) is 212 Å². The van der Waals surface area contributed by atoms with E-state index in [2.05, 4.69) is 50.4 Å². The quantitative estimate of drug-likeness (QED) is 0.0321. The molecule has 66 heavy (non-hydrogen) atoms. The molecule has 0 spiro atoms. The fraction of sp³-hybridized carbons (Fsp3) is 0.900. The molecule has 0 aromatic heterocycles. The fourth-order valence-electron chi connectivity index (χ4n) is 9.29. The van der Waals surface area contributed by atoms with Crippen molar-refractivity contribution in [2.45, 2.75) is 341 Å². The normalized spacial score (nSPS) is 13.2. The minimum absolute atomic E-state index is 0.0781. The third-order valence-corrected chi connectivity index (χ3v) is 13.8. The number of allylic oxidation sites excluding steroid dienone is 4. The SMILES string of the molecule is CCCCC/C=C\C/C=C\CCCCCCCCCC(CC(=O)NC(CO)C(O)CCCCCCCCCCCCC)OC(=O)CCCCCCCCCCCCCCCCCCCCC. The van der Waals surface area contributed by atoms with Crippen LogP contribution in [0.1, 0.15) is 323 Å². The van der Waals surface area contributed by atoms with Crippen LogP contribution in [0.4, 0.5) is 0 Å². The van der Waals surface area contributed by atoms with Gasteiger partial charge >= 0.3 is 5.97 Å². The standard InChI is InChI=1S/C60H115NO5/c1-4-7-10-13-16-19-22-24-26-28-29-31-33-35-38-41-44-47-50-53-60(65)66-56(51-48-45-42-39-37-34-32-30-27-25-23-20-17-14-11-8-5-2)54-59(64)61-57(55-62)58(63)52-49-46-43-40-36-21-18-15-12-9-6-3/h17,20,25,27,56-58,62-63H,4-16,18-19,21-24,26,28-55H2,1-3H3,(H,61,64)/b20-17-,27-25-. The topological polar surface area (TPSA) is 95.9 Å². The highest BCUT2D eigenvalue weighted by Crippen LogP contribution is 2.19. The van der Waals surface area contributed by atoms with Crippen molar-refractivity contribution in [3.05, 3.63) is 24.3 Å². The molecule has 0 aliphatic rings. The van der Waals surface area contributed by atoms with Crippen LogP contribution in [0, 0.1) is 0 Å². The highest BCUT2D eigenvalue weighted by molar-refractivity contribution is 5.77. The summed E-state index contributed by atoms with van der Waals surface area (Å²) >= 11 is 0.